The van der Waals surface area contributed by atoms with Crippen molar-refractivity contribution in [3.63, 3.8) is 0 Å². The Morgan fingerprint density at radius 3 is 2.67 bits per heavy atom. The molecule has 2 aromatic carbocycles. The zero-order valence-electron chi connectivity index (χ0n) is 16.1. The van der Waals surface area contributed by atoms with Crippen LogP contribution >= 0.6 is 0 Å². The topological polar surface area (TPSA) is 50.8 Å². The summed E-state index contributed by atoms with van der Waals surface area (Å²) in [6.45, 7) is 4.84. The maximum atomic E-state index is 12.9. The molecule has 2 aromatic rings. The van der Waals surface area contributed by atoms with Gasteiger partial charge in [0.25, 0.3) is 0 Å². The second kappa shape index (κ2) is 9.42. The summed E-state index contributed by atoms with van der Waals surface area (Å²) in [7, 11) is 1.67. The number of rotatable bonds is 7. The highest BCUT2D eigenvalue weighted by Crippen LogP contribution is 2.30. The number of amides is 1. The van der Waals surface area contributed by atoms with Crippen LogP contribution in [0, 0.1) is 6.92 Å². The number of hydrogen-bond donors (Lipinski definition) is 1. The van der Waals surface area contributed by atoms with Crippen molar-refractivity contribution in [1.29, 1.82) is 0 Å². The van der Waals surface area contributed by atoms with E-state index >= 15 is 0 Å². The van der Waals surface area contributed by atoms with Crippen molar-refractivity contribution < 1.29 is 14.3 Å². The molecule has 1 fully saturated rings. The zero-order valence-corrected chi connectivity index (χ0v) is 16.1. The first kappa shape index (κ1) is 19.2. The zero-order chi connectivity index (χ0) is 19.1. The van der Waals surface area contributed by atoms with E-state index in [1.54, 1.807) is 7.11 Å². The Balaban J connectivity index is 1.58. The standard InChI is InChI=1S/C22H28N2O3/c1-17-8-3-5-10-20(17)27-15-7-12-22(25)24-14-13-23-16-19(24)18-9-4-6-11-21(18)26-2/h3-6,8-11,19,23H,7,12-16H2,1-2H3. The lowest BCUT2D eigenvalue weighted by Gasteiger charge is -2.37. The maximum absolute atomic E-state index is 12.9. The van der Waals surface area contributed by atoms with Crippen LogP contribution in [0.2, 0.25) is 0 Å². The smallest absolute Gasteiger partial charge is 0.223 e. The van der Waals surface area contributed by atoms with E-state index in [1.807, 2.05) is 60.4 Å². The highest BCUT2D eigenvalue weighted by atomic mass is 16.5. The van der Waals surface area contributed by atoms with Gasteiger partial charge in [-0.05, 0) is 31.0 Å². The molecule has 0 bridgehead atoms. The largest absolute Gasteiger partial charge is 0.496 e. The molecule has 1 aliphatic rings. The molecule has 27 heavy (non-hydrogen) atoms. The number of ether oxygens (including phenoxy) is 2. The number of nitrogens with zero attached hydrogens (tertiary/aromatic N) is 1. The third-order valence-corrected chi connectivity index (χ3v) is 4.95. The van der Waals surface area contributed by atoms with Gasteiger partial charge in [0, 0.05) is 31.6 Å². The molecule has 144 valence electrons. The van der Waals surface area contributed by atoms with Gasteiger partial charge in [-0.3, -0.25) is 4.79 Å². The molecule has 1 unspecified atom stereocenters. The van der Waals surface area contributed by atoms with Crippen LogP contribution in [0.3, 0.4) is 0 Å². The van der Waals surface area contributed by atoms with E-state index in [0.29, 0.717) is 26.0 Å². The quantitative estimate of drug-likeness (QED) is 0.762. The van der Waals surface area contributed by atoms with Gasteiger partial charge >= 0.3 is 0 Å². The first-order valence-corrected chi connectivity index (χ1v) is 9.52. The molecule has 1 N–H and O–H groups in total. The van der Waals surface area contributed by atoms with Crippen LogP contribution in [0.5, 0.6) is 11.5 Å². The summed E-state index contributed by atoms with van der Waals surface area (Å²) in [5.41, 5.74) is 2.17. The number of para-hydroxylation sites is 2. The van der Waals surface area contributed by atoms with Crippen LogP contribution < -0.4 is 14.8 Å². The first-order chi connectivity index (χ1) is 13.2. The van der Waals surface area contributed by atoms with Gasteiger partial charge in [0.05, 0.1) is 19.8 Å². The number of methoxy groups -OCH3 is 1. The summed E-state index contributed by atoms with van der Waals surface area (Å²) in [6.07, 6.45) is 1.19. The monoisotopic (exact) mass is 368 g/mol. The van der Waals surface area contributed by atoms with E-state index in [4.69, 9.17) is 9.47 Å². The van der Waals surface area contributed by atoms with Crippen molar-refractivity contribution in [2.45, 2.75) is 25.8 Å². The third-order valence-electron chi connectivity index (χ3n) is 4.95. The van der Waals surface area contributed by atoms with Crippen molar-refractivity contribution in [3.8, 4) is 11.5 Å². The molecule has 1 saturated heterocycles. The molecule has 0 spiro atoms. The molecule has 0 aromatic heterocycles. The summed E-state index contributed by atoms with van der Waals surface area (Å²) in [5.74, 6) is 1.88. The molecule has 0 saturated carbocycles. The van der Waals surface area contributed by atoms with Crippen LogP contribution in [0.1, 0.15) is 30.0 Å². The van der Waals surface area contributed by atoms with E-state index < -0.39 is 0 Å². The molecule has 3 rings (SSSR count). The molecule has 1 aliphatic heterocycles. The fourth-order valence-electron chi connectivity index (χ4n) is 3.49. The maximum Gasteiger partial charge on any atom is 0.223 e. The summed E-state index contributed by atoms with van der Waals surface area (Å²) in [5, 5.41) is 3.39. The van der Waals surface area contributed by atoms with Gasteiger partial charge in [0.2, 0.25) is 5.91 Å². The lowest BCUT2D eigenvalue weighted by molar-refractivity contribution is -0.134. The molecule has 5 nitrogen and oxygen atoms in total. The lowest BCUT2D eigenvalue weighted by Crippen LogP contribution is -2.48. The van der Waals surface area contributed by atoms with Crippen molar-refractivity contribution in [2.24, 2.45) is 0 Å². The summed E-state index contributed by atoms with van der Waals surface area (Å²) in [4.78, 5) is 14.8. The molecular formula is C22H28N2O3. The predicted octanol–water partition coefficient (Wildman–Crippen LogP) is 3.34. The second-order valence-electron chi connectivity index (χ2n) is 6.77. The average Bonchev–Trinajstić information content (AvgIpc) is 2.72. The number of piperazine rings is 1. The number of nitrogens with one attached hydrogen (secondary N) is 1. The Hall–Kier alpha value is -2.53. The minimum atomic E-state index is -0.000291. The predicted molar refractivity (Wildman–Crippen MR) is 106 cm³/mol. The lowest BCUT2D eigenvalue weighted by atomic mass is 10.0. The summed E-state index contributed by atoms with van der Waals surface area (Å²) >= 11 is 0. The number of carbonyl (C=O) groups excluding carboxylic acids is 1. The number of carbonyl (C=O) groups is 1. The molecule has 0 radical (unpaired) electrons. The van der Waals surface area contributed by atoms with Gasteiger partial charge in [-0.1, -0.05) is 36.4 Å². The molecule has 1 atom stereocenters. The van der Waals surface area contributed by atoms with Gasteiger partial charge in [0.15, 0.2) is 0 Å². The Morgan fingerprint density at radius 1 is 1.15 bits per heavy atom. The Bertz CT molecular complexity index is 763. The van der Waals surface area contributed by atoms with Crippen molar-refractivity contribution in [1.82, 2.24) is 10.2 Å². The number of aryl methyl sites for hydroxylation is 1. The summed E-state index contributed by atoms with van der Waals surface area (Å²) in [6, 6.07) is 15.9. The Labute approximate surface area is 161 Å². The normalized spacial score (nSPS) is 16.8. The fraction of sp³-hybridized carbons (Fsp3) is 0.409. The minimum Gasteiger partial charge on any atom is -0.496 e. The van der Waals surface area contributed by atoms with Crippen molar-refractivity contribution in [2.75, 3.05) is 33.4 Å². The molecule has 1 amide bonds. The molecule has 1 heterocycles. The fourth-order valence-corrected chi connectivity index (χ4v) is 3.49. The van der Waals surface area contributed by atoms with Gasteiger partial charge in [-0.15, -0.1) is 0 Å². The van der Waals surface area contributed by atoms with E-state index in [9.17, 15) is 4.79 Å². The Morgan fingerprint density at radius 2 is 1.89 bits per heavy atom. The van der Waals surface area contributed by atoms with Crippen LogP contribution in [0.15, 0.2) is 48.5 Å². The molecular weight excluding hydrogens is 340 g/mol. The van der Waals surface area contributed by atoms with Gasteiger partial charge in [-0.2, -0.15) is 0 Å². The highest BCUT2D eigenvalue weighted by Gasteiger charge is 2.29. The van der Waals surface area contributed by atoms with Gasteiger partial charge in [0.1, 0.15) is 11.5 Å². The van der Waals surface area contributed by atoms with E-state index in [1.165, 1.54) is 0 Å². The number of hydrogen-bond acceptors (Lipinski definition) is 4. The van der Waals surface area contributed by atoms with Crippen LogP contribution in [0.25, 0.3) is 0 Å². The average molecular weight is 368 g/mol. The Kier molecular flexibility index (Phi) is 6.71. The van der Waals surface area contributed by atoms with Crippen molar-refractivity contribution >= 4 is 5.91 Å². The van der Waals surface area contributed by atoms with E-state index in [-0.39, 0.29) is 11.9 Å². The van der Waals surface area contributed by atoms with E-state index in [2.05, 4.69) is 5.32 Å². The SMILES string of the molecule is COc1ccccc1C1CNCCN1C(=O)CCCOc1ccccc1C. The number of benzene rings is 2. The van der Waals surface area contributed by atoms with Crippen LogP contribution in [0.4, 0.5) is 0 Å². The van der Waals surface area contributed by atoms with Crippen molar-refractivity contribution in [3.05, 3.63) is 59.7 Å². The van der Waals surface area contributed by atoms with E-state index in [0.717, 1.165) is 35.7 Å². The molecule has 5 heteroatoms. The highest BCUT2D eigenvalue weighted by molar-refractivity contribution is 5.77. The molecule has 0 aliphatic carbocycles. The third kappa shape index (κ3) is 4.80. The summed E-state index contributed by atoms with van der Waals surface area (Å²) < 4.78 is 11.3. The van der Waals surface area contributed by atoms with Crippen LogP contribution in [-0.2, 0) is 4.79 Å². The van der Waals surface area contributed by atoms with Crippen LogP contribution in [-0.4, -0.2) is 44.2 Å². The van der Waals surface area contributed by atoms with Gasteiger partial charge in [-0.25, -0.2) is 0 Å². The second-order valence-corrected chi connectivity index (χ2v) is 6.77. The minimum absolute atomic E-state index is 0.000291. The van der Waals surface area contributed by atoms with Gasteiger partial charge < -0.3 is 19.7 Å². The first-order valence-electron chi connectivity index (χ1n) is 9.52.